The second-order valence-electron chi connectivity index (χ2n) is 7.12. The fourth-order valence-electron chi connectivity index (χ4n) is 3.46. The van der Waals surface area contributed by atoms with E-state index in [9.17, 15) is 22.0 Å². The Bertz CT molecular complexity index is 1040. The first-order chi connectivity index (χ1) is 13.7. The first-order valence-electron chi connectivity index (χ1n) is 9.26. The van der Waals surface area contributed by atoms with Crippen LogP contribution in [0.25, 0.3) is 11.1 Å². The average molecular weight is 443 g/mol. The molecule has 0 unspecified atom stereocenters. The van der Waals surface area contributed by atoms with Gasteiger partial charge >= 0.3 is 0 Å². The number of hydrogen-bond acceptors (Lipinski definition) is 3. The van der Waals surface area contributed by atoms with E-state index in [1.807, 2.05) is 0 Å². The van der Waals surface area contributed by atoms with Gasteiger partial charge in [-0.3, -0.25) is 10.2 Å². The van der Waals surface area contributed by atoms with Crippen LogP contribution in [0, 0.1) is 18.6 Å². The molecule has 2 aromatic carbocycles. The number of carbonyl (C=O) groups is 1. The molecule has 5 nitrogen and oxygen atoms in total. The summed E-state index contributed by atoms with van der Waals surface area (Å²) in [7, 11) is -3.77. The molecule has 9 heteroatoms. The minimum atomic E-state index is -3.77. The van der Waals surface area contributed by atoms with Gasteiger partial charge in [-0.2, -0.15) is 0 Å². The van der Waals surface area contributed by atoms with Gasteiger partial charge in [-0.05, 0) is 49.1 Å². The molecule has 0 saturated heterocycles. The van der Waals surface area contributed by atoms with E-state index in [1.165, 1.54) is 37.3 Å². The average Bonchev–Trinajstić information content (AvgIpc) is 2.71. The Hall–Kier alpha value is -2.03. The van der Waals surface area contributed by atoms with Gasteiger partial charge in [-0.25, -0.2) is 17.2 Å². The maximum atomic E-state index is 14.5. The van der Waals surface area contributed by atoms with Crippen molar-refractivity contribution in [3.05, 3.63) is 58.1 Å². The third-order valence-corrected chi connectivity index (χ3v) is 7.09. The minimum Gasteiger partial charge on any atom is -0.274 e. The Labute approximate surface area is 173 Å². The molecule has 1 aliphatic carbocycles. The van der Waals surface area contributed by atoms with Crippen LogP contribution in [0.5, 0.6) is 0 Å². The number of benzene rings is 2. The normalized spacial score (nSPS) is 15.3. The van der Waals surface area contributed by atoms with Gasteiger partial charge < -0.3 is 0 Å². The molecule has 0 bridgehead atoms. The number of carbonyl (C=O) groups excluding carboxylic acids is 1. The van der Waals surface area contributed by atoms with Crippen molar-refractivity contribution < 1.29 is 22.0 Å². The fraction of sp³-hybridized carbons (Fsp3) is 0.350. The van der Waals surface area contributed by atoms with E-state index in [1.54, 1.807) is 0 Å². The van der Waals surface area contributed by atoms with Crippen molar-refractivity contribution in [2.45, 2.75) is 44.3 Å². The molecule has 0 heterocycles. The van der Waals surface area contributed by atoms with Crippen LogP contribution in [0.15, 0.2) is 30.3 Å². The van der Waals surface area contributed by atoms with E-state index in [0.29, 0.717) is 12.8 Å². The van der Waals surface area contributed by atoms with Crippen molar-refractivity contribution in [2.75, 3.05) is 0 Å². The summed E-state index contributed by atoms with van der Waals surface area (Å²) in [5.41, 5.74) is 2.15. The quantitative estimate of drug-likeness (QED) is 0.670. The Morgan fingerprint density at radius 3 is 2.48 bits per heavy atom. The molecule has 1 fully saturated rings. The highest BCUT2D eigenvalue weighted by Gasteiger charge is 2.28. The Kier molecular flexibility index (Phi) is 6.55. The Morgan fingerprint density at radius 1 is 1.10 bits per heavy atom. The number of amides is 1. The van der Waals surface area contributed by atoms with E-state index < -0.39 is 38.4 Å². The van der Waals surface area contributed by atoms with Crippen LogP contribution in [0.1, 0.15) is 48.0 Å². The zero-order valence-corrected chi connectivity index (χ0v) is 17.3. The summed E-state index contributed by atoms with van der Waals surface area (Å²) in [6, 6.07) is 6.94. The molecule has 156 valence electrons. The highest BCUT2D eigenvalue weighted by molar-refractivity contribution is 7.90. The molecule has 0 aliphatic heterocycles. The molecule has 0 atom stereocenters. The van der Waals surface area contributed by atoms with E-state index in [4.69, 9.17) is 11.6 Å². The van der Waals surface area contributed by atoms with Crippen molar-refractivity contribution in [2.24, 2.45) is 0 Å². The SMILES string of the molecule is Cc1cc(-c2cccc(Cl)c2F)cc(C(=O)NNS(=O)(=O)C2CCCCC2)c1F. The van der Waals surface area contributed by atoms with Gasteiger partial charge in [0.2, 0.25) is 10.0 Å². The van der Waals surface area contributed by atoms with Crippen LogP contribution in [0.2, 0.25) is 5.02 Å². The summed E-state index contributed by atoms with van der Waals surface area (Å²) in [5.74, 6) is -2.47. The molecule has 1 saturated carbocycles. The summed E-state index contributed by atoms with van der Waals surface area (Å²) < 4.78 is 53.6. The summed E-state index contributed by atoms with van der Waals surface area (Å²) in [6.45, 7) is 1.43. The molecule has 3 rings (SSSR count). The molecule has 0 radical (unpaired) electrons. The number of hydrazine groups is 1. The second-order valence-corrected chi connectivity index (χ2v) is 9.49. The molecule has 0 spiro atoms. The summed E-state index contributed by atoms with van der Waals surface area (Å²) in [5, 5.41) is -0.689. The van der Waals surface area contributed by atoms with Crippen LogP contribution < -0.4 is 10.3 Å². The third-order valence-electron chi connectivity index (χ3n) is 5.06. The van der Waals surface area contributed by atoms with Crippen LogP contribution in [0.3, 0.4) is 0 Å². The standard InChI is InChI=1S/C20H21ClF2N2O3S/c1-12-10-13(15-8-5-9-17(21)19(15)23)11-16(18(12)22)20(26)24-25-29(27,28)14-6-3-2-4-7-14/h5,8-11,14,25H,2-4,6-7H2,1H3,(H,24,26). The van der Waals surface area contributed by atoms with Crippen LogP contribution in [-0.4, -0.2) is 19.6 Å². The predicted molar refractivity (Wildman–Crippen MR) is 108 cm³/mol. The van der Waals surface area contributed by atoms with Gasteiger partial charge in [0.25, 0.3) is 5.91 Å². The molecule has 29 heavy (non-hydrogen) atoms. The lowest BCUT2D eigenvalue weighted by Gasteiger charge is -2.22. The summed E-state index contributed by atoms with van der Waals surface area (Å²) in [6.07, 6.45) is 3.63. The van der Waals surface area contributed by atoms with Gasteiger partial charge in [0.1, 0.15) is 11.6 Å². The maximum absolute atomic E-state index is 14.5. The van der Waals surface area contributed by atoms with Gasteiger partial charge in [0.05, 0.1) is 15.8 Å². The van der Waals surface area contributed by atoms with Crippen molar-refractivity contribution in [1.82, 2.24) is 10.3 Å². The lowest BCUT2D eigenvalue weighted by molar-refractivity contribution is 0.0940. The first kappa shape index (κ1) is 21.7. The lowest BCUT2D eigenvalue weighted by Crippen LogP contribution is -2.46. The number of hydrogen-bond donors (Lipinski definition) is 2. The van der Waals surface area contributed by atoms with Crippen LogP contribution >= 0.6 is 11.6 Å². The second kappa shape index (κ2) is 8.77. The van der Waals surface area contributed by atoms with Gasteiger partial charge in [0.15, 0.2) is 0 Å². The largest absolute Gasteiger partial charge is 0.274 e. The van der Waals surface area contributed by atoms with Crippen molar-refractivity contribution in [1.29, 1.82) is 0 Å². The van der Waals surface area contributed by atoms with Gasteiger partial charge in [0, 0.05) is 5.56 Å². The lowest BCUT2D eigenvalue weighted by atomic mass is 9.99. The summed E-state index contributed by atoms with van der Waals surface area (Å²) >= 11 is 5.81. The Morgan fingerprint density at radius 2 is 1.79 bits per heavy atom. The van der Waals surface area contributed by atoms with Crippen molar-refractivity contribution >= 4 is 27.5 Å². The molecular formula is C20H21ClF2N2O3S. The molecule has 2 aromatic rings. The van der Waals surface area contributed by atoms with Crippen molar-refractivity contribution in [3.8, 4) is 11.1 Å². The number of halogens is 3. The Balaban J connectivity index is 1.85. The monoisotopic (exact) mass is 442 g/mol. The number of sulfonamides is 1. The molecule has 1 amide bonds. The number of aryl methyl sites for hydroxylation is 1. The van der Waals surface area contributed by atoms with Crippen molar-refractivity contribution in [3.63, 3.8) is 0 Å². The highest BCUT2D eigenvalue weighted by Crippen LogP contribution is 2.30. The predicted octanol–water partition coefficient (Wildman–Crippen LogP) is 4.49. The van der Waals surface area contributed by atoms with Crippen LogP contribution in [-0.2, 0) is 10.0 Å². The minimum absolute atomic E-state index is 0.101. The topological polar surface area (TPSA) is 75.3 Å². The maximum Gasteiger partial charge on any atom is 0.269 e. The van der Waals surface area contributed by atoms with E-state index in [-0.39, 0.29) is 21.7 Å². The highest BCUT2D eigenvalue weighted by atomic mass is 35.5. The molecule has 0 aromatic heterocycles. The van der Waals surface area contributed by atoms with Gasteiger partial charge in [-0.15, -0.1) is 4.83 Å². The third kappa shape index (κ3) is 4.76. The molecule has 1 aliphatic rings. The zero-order valence-electron chi connectivity index (χ0n) is 15.8. The van der Waals surface area contributed by atoms with E-state index in [2.05, 4.69) is 10.3 Å². The van der Waals surface area contributed by atoms with E-state index in [0.717, 1.165) is 19.3 Å². The summed E-state index contributed by atoms with van der Waals surface area (Å²) in [4.78, 5) is 14.5. The van der Waals surface area contributed by atoms with E-state index >= 15 is 0 Å². The smallest absolute Gasteiger partial charge is 0.269 e. The molecule has 2 N–H and O–H groups in total. The number of nitrogens with one attached hydrogen (secondary N) is 2. The first-order valence-corrected chi connectivity index (χ1v) is 11.2. The fourth-order valence-corrected chi connectivity index (χ4v) is 4.99. The molecular weight excluding hydrogens is 422 g/mol. The zero-order chi connectivity index (χ0) is 21.2. The van der Waals surface area contributed by atoms with Gasteiger partial charge in [-0.1, -0.05) is 43.0 Å². The number of rotatable bonds is 5. The van der Waals surface area contributed by atoms with Crippen LogP contribution in [0.4, 0.5) is 8.78 Å².